The molecule has 1 fully saturated rings. The predicted octanol–water partition coefficient (Wildman–Crippen LogP) is 1.12. The minimum Gasteiger partial charge on any atom is -0.369 e. The predicted molar refractivity (Wildman–Crippen MR) is 139 cm³/mol. The number of pyridine rings is 1. The summed E-state index contributed by atoms with van der Waals surface area (Å²) in [5.74, 6) is 0.578. The van der Waals surface area contributed by atoms with E-state index in [1.165, 1.54) is 4.52 Å². The summed E-state index contributed by atoms with van der Waals surface area (Å²) in [7, 11) is 1.71. The van der Waals surface area contributed by atoms with E-state index in [9.17, 15) is 4.79 Å². The zero-order valence-electron chi connectivity index (χ0n) is 20.3. The van der Waals surface area contributed by atoms with Crippen LogP contribution in [0.25, 0.3) is 28.3 Å². The van der Waals surface area contributed by atoms with Crippen molar-refractivity contribution in [3.8, 4) is 17.6 Å². The Kier molecular flexibility index (Phi) is 5.54. The molecule has 0 amide bonds. The van der Waals surface area contributed by atoms with Gasteiger partial charge >= 0.3 is 5.69 Å². The number of rotatable bonds is 5. The van der Waals surface area contributed by atoms with Crippen LogP contribution >= 0.6 is 0 Å². The summed E-state index contributed by atoms with van der Waals surface area (Å²) in [6, 6.07) is 15.3. The molecule has 4 aromatic heterocycles. The van der Waals surface area contributed by atoms with Gasteiger partial charge in [-0.2, -0.15) is 14.8 Å². The number of anilines is 2. The summed E-state index contributed by atoms with van der Waals surface area (Å²) in [5.41, 5.74) is 10.0. The molecule has 0 saturated carbocycles. The third-order valence-corrected chi connectivity index (χ3v) is 6.84. The number of hydrogen-bond acceptors (Lipinski definition) is 9. The zero-order valence-corrected chi connectivity index (χ0v) is 20.3. The van der Waals surface area contributed by atoms with Crippen LogP contribution in [0.5, 0.6) is 0 Å². The van der Waals surface area contributed by atoms with Crippen molar-refractivity contribution < 1.29 is 0 Å². The molecule has 0 radical (unpaired) electrons. The number of imidazole rings is 1. The third-order valence-electron chi connectivity index (χ3n) is 6.84. The summed E-state index contributed by atoms with van der Waals surface area (Å²) < 4.78 is 4.67. The first-order valence-electron chi connectivity index (χ1n) is 12.0. The second-order valence-corrected chi connectivity index (χ2v) is 9.01. The molecule has 0 bridgehead atoms. The summed E-state index contributed by atoms with van der Waals surface area (Å²) in [6.45, 7) is 4.68. The number of benzene rings is 1. The quantitative estimate of drug-likeness (QED) is 0.380. The van der Waals surface area contributed by atoms with Gasteiger partial charge in [-0.15, -0.1) is 5.10 Å². The highest BCUT2D eigenvalue weighted by Crippen LogP contribution is 2.22. The van der Waals surface area contributed by atoms with Gasteiger partial charge in [0.1, 0.15) is 11.2 Å². The molecular formula is C25H25N11O. The molecule has 0 aliphatic carbocycles. The van der Waals surface area contributed by atoms with E-state index in [2.05, 4.69) is 35.9 Å². The van der Waals surface area contributed by atoms with Crippen LogP contribution < -0.4 is 16.3 Å². The maximum absolute atomic E-state index is 13.2. The SMILES string of the molecule is Cn1c(=O)n(CCN2CCN(c3ccc(C#N)cc3)CC2)c2nc(N)n3nc(-c4ccccn4)nc3c21. The highest BCUT2D eigenvalue weighted by Gasteiger charge is 2.22. The third kappa shape index (κ3) is 3.95. The summed E-state index contributed by atoms with van der Waals surface area (Å²) in [4.78, 5) is 31.4. The first kappa shape index (κ1) is 22.7. The molecule has 0 spiro atoms. The molecule has 1 aliphatic rings. The van der Waals surface area contributed by atoms with Gasteiger partial charge in [0, 0.05) is 58.2 Å². The van der Waals surface area contributed by atoms with Gasteiger partial charge in [0.25, 0.3) is 0 Å². The number of piperazine rings is 1. The van der Waals surface area contributed by atoms with Gasteiger partial charge in [0.2, 0.25) is 11.8 Å². The summed E-state index contributed by atoms with van der Waals surface area (Å²) in [6.07, 6.45) is 1.68. The van der Waals surface area contributed by atoms with Gasteiger partial charge in [0.05, 0.1) is 11.6 Å². The Morgan fingerprint density at radius 3 is 2.49 bits per heavy atom. The van der Waals surface area contributed by atoms with Crippen molar-refractivity contribution >= 4 is 28.4 Å². The number of nitriles is 1. The smallest absolute Gasteiger partial charge is 0.330 e. The minimum atomic E-state index is -0.173. The van der Waals surface area contributed by atoms with E-state index in [0.717, 1.165) is 31.9 Å². The second-order valence-electron chi connectivity index (χ2n) is 9.01. The van der Waals surface area contributed by atoms with E-state index in [4.69, 9.17) is 11.0 Å². The molecule has 37 heavy (non-hydrogen) atoms. The molecule has 12 nitrogen and oxygen atoms in total. The van der Waals surface area contributed by atoms with Crippen molar-refractivity contribution in [1.82, 2.24) is 38.6 Å². The van der Waals surface area contributed by atoms with Crippen molar-refractivity contribution in [2.45, 2.75) is 6.54 Å². The topological polar surface area (TPSA) is 139 Å². The Balaban J connectivity index is 1.23. The van der Waals surface area contributed by atoms with Crippen LogP contribution in [-0.4, -0.2) is 71.3 Å². The lowest BCUT2D eigenvalue weighted by Gasteiger charge is -2.36. The monoisotopic (exact) mass is 495 g/mol. The van der Waals surface area contributed by atoms with Crippen LogP contribution in [0.4, 0.5) is 11.6 Å². The molecule has 186 valence electrons. The number of nitrogens with two attached hydrogens (primary N) is 1. The second kappa shape index (κ2) is 9.03. The molecule has 0 atom stereocenters. The number of fused-ring (bicyclic) bond motifs is 3. The largest absolute Gasteiger partial charge is 0.369 e. The normalized spacial score (nSPS) is 14.4. The fraction of sp³-hybridized carbons (Fsp3) is 0.280. The molecule has 6 rings (SSSR count). The molecule has 5 heterocycles. The number of aryl methyl sites for hydroxylation is 1. The van der Waals surface area contributed by atoms with Crippen LogP contribution in [-0.2, 0) is 13.6 Å². The molecule has 0 unspecified atom stereocenters. The van der Waals surface area contributed by atoms with E-state index in [0.29, 0.717) is 47.0 Å². The Morgan fingerprint density at radius 2 is 1.78 bits per heavy atom. The molecule has 1 aromatic carbocycles. The van der Waals surface area contributed by atoms with Gasteiger partial charge in [0.15, 0.2) is 11.3 Å². The first-order valence-corrected chi connectivity index (χ1v) is 12.0. The van der Waals surface area contributed by atoms with E-state index in [-0.39, 0.29) is 11.6 Å². The first-order chi connectivity index (χ1) is 18.0. The van der Waals surface area contributed by atoms with Crippen molar-refractivity contribution in [3.05, 3.63) is 64.7 Å². The Labute approximate surface area is 211 Å². The summed E-state index contributed by atoms with van der Waals surface area (Å²) in [5, 5.41) is 13.5. The van der Waals surface area contributed by atoms with E-state index in [1.807, 2.05) is 42.5 Å². The van der Waals surface area contributed by atoms with E-state index < -0.39 is 0 Å². The molecule has 1 saturated heterocycles. The highest BCUT2D eigenvalue weighted by molar-refractivity contribution is 5.88. The minimum absolute atomic E-state index is 0.160. The van der Waals surface area contributed by atoms with Gasteiger partial charge in [-0.3, -0.25) is 19.0 Å². The van der Waals surface area contributed by atoms with Crippen LogP contribution in [0.1, 0.15) is 5.56 Å². The van der Waals surface area contributed by atoms with E-state index in [1.54, 1.807) is 22.4 Å². The number of hydrogen-bond donors (Lipinski definition) is 1. The molecule has 5 aromatic rings. The van der Waals surface area contributed by atoms with Crippen molar-refractivity contribution in [2.75, 3.05) is 43.4 Å². The Hall–Kier alpha value is -4.76. The lowest BCUT2D eigenvalue weighted by molar-refractivity contribution is 0.248. The van der Waals surface area contributed by atoms with Crippen LogP contribution in [0, 0.1) is 11.3 Å². The number of nitrogen functional groups attached to an aromatic ring is 1. The van der Waals surface area contributed by atoms with Crippen LogP contribution in [0.3, 0.4) is 0 Å². The van der Waals surface area contributed by atoms with Crippen molar-refractivity contribution in [2.24, 2.45) is 7.05 Å². The van der Waals surface area contributed by atoms with Gasteiger partial charge in [-0.25, -0.2) is 9.78 Å². The van der Waals surface area contributed by atoms with Gasteiger partial charge in [-0.1, -0.05) is 6.07 Å². The average Bonchev–Trinajstić information content (AvgIpc) is 3.48. The zero-order chi connectivity index (χ0) is 25.5. The van der Waals surface area contributed by atoms with Crippen LogP contribution in [0.15, 0.2) is 53.5 Å². The average molecular weight is 496 g/mol. The fourth-order valence-corrected chi connectivity index (χ4v) is 4.81. The van der Waals surface area contributed by atoms with Crippen LogP contribution in [0.2, 0.25) is 0 Å². The Morgan fingerprint density at radius 1 is 1.00 bits per heavy atom. The molecular weight excluding hydrogens is 470 g/mol. The standard InChI is InChI=1S/C25H25N11O/c1-32-20-22(30-24(27)36-23(20)29-21(31-36)19-4-2-3-9-28-19)35(25(32)37)15-12-33-10-13-34(14-11-33)18-7-5-17(16-26)6-8-18/h2-9H,10-15H2,1H3,(H2,27,30). The lowest BCUT2D eigenvalue weighted by atomic mass is 10.2. The highest BCUT2D eigenvalue weighted by atomic mass is 16.1. The van der Waals surface area contributed by atoms with Gasteiger partial charge < -0.3 is 10.6 Å². The molecule has 12 heteroatoms. The van der Waals surface area contributed by atoms with Crippen molar-refractivity contribution in [1.29, 1.82) is 5.26 Å². The summed E-state index contributed by atoms with van der Waals surface area (Å²) >= 11 is 0. The van der Waals surface area contributed by atoms with Gasteiger partial charge in [-0.05, 0) is 36.4 Å². The maximum Gasteiger partial charge on any atom is 0.330 e. The van der Waals surface area contributed by atoms with E-state index >= 15 is 0 Å². The number of aromatic nitrogens is 7. The maximum atomic E-state index is 13.2. The Bertz CT molecular complexity index is 1690. The van der Waals surface area contributed by atoms with Crippen molar-refractivity contribution in [3.63, 3.8) is 0 Å². The molecule has 1 aliphatic heterocycles. The fourth-order valence-electron chi connectivity index (χ4n) is 4.81. The molecule has 2 N–H and O–H groups in total. The lowest BCUT2D eigenvalue weighted by Crippen LogP contribution is -2.47. The number of nitrogens with zero attached hydrogens (tertiary/aromatic N) is 10.